The summed E-state index contributed by atoms with van der Waals surface area (Å²) in [4.78, 5) is 28.2. The van der Waals surface area contributed by atoms with Crippen LogP contribution in [0.15, 0.2) is 42.6 Å². The minimum Gasteiger partial charge on any atom is -0.369 e. The lowest BCUT2D eigenvalue weighted by molar-refractivity contribution is -0.117. The number of H-pyrrole nitrogens is 1. The highest BCUT2D eigenvalue weighted by Crippen LogP contribution is 2.37. The van der Waals surface area contributed by atoms with Crippen molar-refractivity contribution >= 4 is 33.1 Å². The number of benzene rings is 2. The molecular weight excluding hydrogens is 476 g/mol. The smallest absolute Gasteiger partial charge is 0.221 e. The molecule has 36 heavy (non-hydrogen) atoms. The zero-order valence-corrected chi connectivity index (χ0v) is 21.7. The molecule has 2 aromatic carbocycles. The summed E-state index contributed by atoms with van der Waals surface area (Å²) in [5.41, 5.74) is 10.9. The molecule has 192 valence electrons. The van der Waals surface area contributed by atoms with Gasteiger partial charge in [0.1, 0.15) is 6.29 Å². The molecule has 0 atom stereocenters. The number of amides is 1. The quantitative estimate of drug-likeness (QED) is 0.407. The zero-order chi connectivity index (χ0) is 25.9. The Hall–Kier alpha value is -3.01. The molecule has 8 nitrogen and oxygen atoms in total. The van der Waals surface area contributed by atoms with Crippen molar-refractivity contribution in [1.29, 1.82) is 0 Å². The van der Waals surface area contributed by atoms with Crippen molar-refractivity contribution in [1.82, 2.24) is 14.2 Å². The number of sulfonamides is 1. The molecule has 3 aromatic rings. The molecule has 1 saturated heterocycles. The maximum Gasteiger partial charge on any atom is 0.221 e. The van der Waals surface area contributed by atoms with E-state index in [0.717, 1.165) is 58.8 Å². The zero-order valence-electron chi connectivity index (χ0n) is 20.9. The Bertz CT molecular complexity index is 1340. The van der Waals surface area contributed by atoms with E-state index >= 15 is 0 Å². The molecule has 0 spiro atoms. The van der Waals surface area contributed by atoms with E-state index in [1.807, 2.05) is 43.4 Å². The van der Waals surface area contributed by atoms with Crippen LogP contribution in [0.5, 0.6) is 0 Å². The molecule has 0 bridgehead atoms. The van der Waals surface area contributed by atoms with Gasteiger partial charge in [-0.2, -0.15) is 0 Å². The van der Waals surface area contributed by atoms with Gasteiger partial charge in [0.25, 0.3) is 0 Å². The van der Waals surface area contributed by atoms with Crippen molar-refractivity contribution in [2.24, 2.45) is 5.73 Å². The number of rotatable bonds is 10. The van der Waals surface area contributed by atoms with E-state index in [9.17, 15) is 18.0 Å². The van der Waals surface area contributed by atoms with Crippen molar-refractivity contribution in [2.75, 3.05) is 39.5 Å². The lowest BCUT2D eigenvalue weighted by Gasteiger charge is -2.31. The van der Waals surface area contributed by atoms with Crippen molar-refractivity contribution in [3.63, 3.8) is 0 Å². The van der Waals surface area contributed by atoms with Gasteiger partial charge in [0.15, 0.2) is 0 Å². The third-order valence-electron chi connectivity index (χ3n) is 6.94. The molecule has 1 fully saturated rings. The molecule has 3 N–H and O–H groups in total. The molecule has 1 aliphatic heterocycles. The Morgan fingerprint density at radius 1 is 1.14 bits per heavy atom. The fourth-order valence-corrected chi connectivity index (χ4v) is 6.57. The summed E-state index contributed by atoms with van der Waals surface area (Å²) in [6.45, 7) is 1.75. The molecule has 2 heterocycles. The number of nitrogens with one attached hydrogen (secondary N) is 1. The van der Waals surface area contributed by atoms with E-state index in [-0.39, 0.29) is 18.1 Å². The van der Waals surface area contributed by atoms with Gasteiger partial charge in [-0.05, 0) is 80.2 Å². The number of nitrogens with two attached hydrogens (primary N) is 1. The van der Waals surface area contributed by atoms with Crippen LogP contribution in [-0.4, -0.2) is 74.3 Å². The Balaban J connectivity index is 1.59. The van der Waals surface area contributed by atoms with Gasteiger partial charge in [0.2, 0.25) is 15.9 Å². The molecule has 1 aromatic heterocycles. The standard InChI is InChI=1S/C27H34N4O4S/c1-30(2)10-3-13-36(34,35)31-11-8-21(9-12-31)25-17-29-27-23(16-26(28)33)14-22(15-24(25)27)20-6-4-19(18-32)5-7-20/h4-7,14-15,17-18,21,29H,3,8-13,16H2,1-2H3,(H2,28,33). The first-order chi connectivity index (χ1) is 17.2. The van der Waals surface area contributed by atoms with Crippen molar-refractivity contribution in [2.45, 2.75) is 31.6 Å². The van der Waals surface area contributed by atoms with Crippen LogP contribution in [0.1, 0.15) is 46.7 Å². The van der Waals surface area contributed by atoms with Gasteiger partial charge in [0, 0.05) is 35.8 Å². The topological polar surface area (TPSA) is 117 Å². The van der Waals surface area contributed by atoms with Gasteiger partial charge in [-0.1, -0.05) is 24.3 Å². The summed E-state index contributed by atoms with van der Waals surface area (Å²) >= 11 is 0. The molecular formula is C27H34N4O4S. The van der Waals surface area contributed by atoms with Crippen molar-refractivity contribution < 1.29 is 18.0 Å². The number of aromatic nitrogens is 1. The monoisotopic (exact) mass is 510 g/mol. The van der Waals surface area contributed by atoms with Crippen LogP contribution in [0.4, 0.5) is 0 Å². The van der Waals surface area contributed by atoms with Crippen molar-refractivity contribution in [3.05, 3.63) is 59.3 Å². The fourth-order valence-electron chi connectivity index (χ4n) is 5.05. The summed E-state index contributed by atoms with van der Waals surface area (Å²) in [6, 6.07) is 11.4. The van der Waals surface area contributed by atoms with E-state index < -0.39 is 15.9 Å². The van der Waals surface area contributed by atoms with Crippen LogP contribution < -0.4 is 5.73 Å². The molecule has 0 unspecified atom stereocenters. The summed E-state index contributed by atoms with van der Waals surface area (Å²) in [6.07, 6.45) is 5.01. The first kappa shape index (κ1) is 26.1. The van der Waals surface area contributed by atoms with Crippen LogP contribution in [0.2, 0.25) is 0 Å². The van der Waals surface area contributed by atoms with Crippen molar-refractivity contribution in [3.8, 4) is 11.1 Å². The normalized spacial score (nSPS) is 15.5. The molecule has 0 saturated carbocycles. The predicted molar refractivity (Wildman–Crippen MR) is 143 cm³/mol. The average molecular weight is 511 g/mol. The SMILES string of the molecule is CN(C)CCCS(=O)(=O)N1CCC(c2c[nH]c3c(CC(N)=O)cc(-c4ccc(C=O)cc4)cc23)CC1. The minimum atomic E-state index is -3.26. The van der Waals surface area contributed by atoms with Crippen LogP contribution in [0.3, 0.4) is 0 Å². The van der Waals surface area contributed by atoms with Crippen LogP contribution in [-0.2, 0) is 21.2 Å². The molecule has 4 rings (SSSR count). The number of aldehydes is 1. The second-order valence-corrected chi connectivity index (χ2v) is 11.9. The summed E-state index contributed by atoms with van der Waals surface area (Å²) in [7, 11) is 0.629. The Morgan fingerprint density at radius 2 is 1.83 bits per heavy atom. The number of carbonyl (C=O) groups excluding carboxylic acids is 2. The van der Waals surface area contributed by atoms with E-state index in [0.29, 0.717) is 25.1 Å². The highest BCUT2D eigenvalue weighted by atomic mass is 32.2. The molecule has 1 amide bonds. The van der Waals surface area contributed by atoms with Crippen LogP contribution in [0, 0.1) is 0 Å². The maximum atomic E-state index is 12.8. The first-order valence-corrected chi connectivity index (χ1v) is 13.9. The van der Waals surface area contributed by atoms with Gasteiger partial charge >= 0.3 is 0 Å². The summed E-state index contributed by atoms with van der Waals surface area (Å²) in [5, 5.41) is 1.02. The predicted octanol–water partition coefficient (Wildman–Crippen LogP) is 3.14. The minimum absolute atomic E-state index is 0.111. The maximum absolute atomic E-state index is 12.8. The van der Waals surface area contributed by atoms with E-state index in [2.05, 4.69) is 11.1 Å². The van der Waals surface area contributed by atoms with Gasteiger partial charge in [-0.3, -0.25) is 9.59 Å². The molecule has 1 aliphatic rings. The second-order valence-electron chi connectivity index (χ2n) is 9.83. The molecule has 0 aliphatic carbocycles. The average Bonchev–Trinajstić information content (AvgIpc) is 3.28. The van der Waals surface area contributed by atoms with Gasteiger partial charge < -0.3 is 15.6 Å². The number of carbonyl (C=O) groups is 2. The largest absolute Gasteiger partial charge is 0.369 e. The second kappa shape index (κ2) is 10.9. The van der Waals surface area contributed by atoms with Gasteiger partial charge in [0.05, 0.1) is 12.2 Å². The third-order valence-corrected chi connectivity index (χ3v) is 8.90. The van der Waals surface area contributed by atoms with E-state index in [1.165, 1.54) is 0 Å². The number of hydrogen-bond donors (Lipinski definition) is 2. The molecule has 0 radical (unpaired) electrons. The Labute approximate surface area is 212 Å². The Morgan fingerprint density at radius 3 is 2.44 bits per heavy atom. The molecule has 9 heteroatoms. The van der Waals surface area contributed by atoms with Gasteiger partial charge in [-0.15, -0.1) is 0 Å². The lowest BCUT2D eigenvalue weighted by Crippen LogP contribution is -2.39. The fraction of sp³-hybridized carbons (Fsp3) is 0.407. The Kier molecular flexibility index (Phi) is 7.92. The summed E-state index contributed by atoms with van der Waals surface area (Å²) in [5.74, 6) is -0.0270. The lowest BCUT2D eigenvalue weighted by atomic mass is 9.88. The number of hydrogen-bond acceptors (Lipinski definition) is 5. The summed E-state index contributed by atoms with van der Waals surface area (Å²) < 4.78 is 27.2. The number of nitrogens with zero attached hydrogens (tertiary/aromatic N) is 2. The van der Waals surface area contributed by atoms with Crippen LogP contribution >= 0.6 is 0 Å². The number of fused-ring (bicyclic) bond motifs is 1. The number of piperidine rings is 1. The first-order valence-electron chi connectivity index (χ1n) is 12.3. The third kappa shape index (κ3) is 5.86. The highest BCUT2D eigenvalue weighted by Gasteiger charge is 2.29. The number of primary amides is 1. The highest BCUT2D eigenvalue weighted by molar-refractivity contribution is 7.89. The van der Waals surface area contributed by atoms with E-state index in [1.54, 1.807) is 16.4 Å². The number of aromatic amines is 1. The van der Waals surface area contributed by atoms with E-state index in [4.69, 9.17) is 5.73 Å². The van der Waals surface area contributed by atoms with Gasteiger partial charge in [-0.25, -0.2) is 12.7 Å². The van der Waals surface area contributed by atoms with Crippen LogP contribution in [0.25, 0.3) is 22.0 Å².